The van der Waals surface area contributed by atoms with Crippen molar-refractivity contribution < 1.29 is 14.1 Å². The van der Waals surface area contributed by atoms with E-state index >= 15 is 0 Å². The topological polar surface area (TPSA) is 79.5 Å². The maximum absolute atomic E-state index is 13.1. The van der Waals surface area contributed by atoms with Crippen molar-refractivity contribution >= 4 is 11.8 Å². The number of hydrogen-bond acceptors (Lipinski definition) is 5. The molecule has 2 aromatic heterocycles. The maximum Gasteiger partial charge on any atom is 0.276 e. The van der Waals surface area contributed by atoms with Crippen LogP contribution in [0.5, 0.6) is 0 Å². The van der Waals surface area contributed by atoms with Gasteiger partial charge in [0.2, 0.25) is 5.91 Å². The first kappa shape index (κ1) is 21.5. The predicted molar refractivity (Wildman–Crippen MR) is 117 cm³/mol. The van der Waals surface area contributed by atoms with Crippen LogP contribution in [0.2, 0.25) is 0 Å². The van der Waals surface area contributed by atoms with Crippen molar-refractivity contribution in [2.24, 2.45) is 5.92 Å². The van der Waals surface area contributed by atoms with Crippen molar-refractivity contribution in [2.75, 3.05) is 26.7 Å². The number of aryl methyl sites for hydroxylation is 1. The molecule has 4 rings (SSSR count). The van der Waals surface area contributed by atoms with Gasteiger partial charge in [0.15, 0.2) is 5.69 Å². The summed E-state index contributed by atoms with van der Waals surface area (Å²) in [6.07, 6.45) is 9.87. The third-order valence-electron chi connectivity index (χ3n) is 6.58. The van der Waals surface area contributed by atoms with Crippen LogP contribution in [0.1, 0.15) is 66.0 Å². The van der Waals surface area contributed by atoms with E-state index in [0.29, 0.717) is 31.1 Å². The molecule has 0 spiro atoms. The molecule has 0 unspecified atom stereocenters. The Labute approximate surface area is 183 Å². The van der Waals surface area contributed by atoms with Gasteiger partial charge in [-0.05, 0) is 56.6 Å². The summed E-state index contributed by atoms with van der Waals surface area (Å²) in [5, 5.41) is 4.11. The zero-order valence-corrected chi connectivity index (χ0v) is 18.4. The average molecular weight is 425 g/mol. The molecule has 7 nitrogen and oxygen atoms in total. The number of carbonyl (C=O) groups excluding carboxylic acids is 2. The van der Waals surface area contributed by atoms with E-state index in [2.05, 4.69) is 10.1 Å². The van der Waals surface area contributed by atoms with E-state index in [1.807, 2.05) is 30.1 Å². The average Bonchev–Trinajstić information content (AvgIpc) is 3.25. The molecule has 0 radical (unpaired) electrons. The molecule has 1 fully saturated rings. The fraction of sp³-hybridized carbons (Fsp3) is 0.583. The lowest BCUT2D eigenvalue weighted by molar-refractivity contribution is -0.130. The first-order valence-electron chi connectivity index (χ1n) is 11.5. The van der Waals surface area contributed by atoms with Crippen LogP contribution in [0.25, 0.3) is 0 Å². The molecule has 31 heavy (non-hydrogen) atoms. The van der Waals surface area contributed by atoms with Crippen molar-refractivity contribution in [1.29, 1.82) is 0 Å². The Kier molecular flexibility index (Phi) is 6.99. The van der Waals surface area contributed by atoms with Gasteiger partial charge in [-0.15, -0.1) is 0 Å². The normalized spacial score (nSPS) is 18.5. The molecule has 3 heterocycles. The van der Waals surface area contributed by atoms with E-state index in [-0.39, 0.29) is 11.8 Å². The number of nitrogens with zero attached hydrogens (tertiary/aromatic N) is 4. The molecule has 1 saturated heterocycles. The summed E-state index contributed by atoms with van der Waals surface area (Å²) in [6, 6.07) is 5.85. The maximum atomic E-state index is 13.1. The van der Waals surface area contributed by atoms with E-state index in [1.165, 1.54) is 0 Å². The summed E-state index contributed by atoms with van der Waals surface area (Å²) < 4.78 is 5.43. The first-order chi connectivity index (χ1) is 15.1. The highest BCUT2D eigenvalue weighted by molar-refractivity contribution is 5.94. The van der Waals surface area contributed by atoms with Crippen LogP contribution in [-0.4, -0.2) is 58.4 Å². The Hall–Kier alpha value is -2.70. The first-order valence-corrected chi connectivity index (χ1v) is 11.5. The Morgan fingerprint density at radius 2 is 2.10 bits per heavy atom. The van der Waals surface area contributed by atoms with Crippen LogP contribution in [-0.2, 0) is 24.1 Å². The number of pyridine rings is 1. The number of rotatable bonds is 7. The molecule has 0 bridgehead atoms. The Bertz CT molecular complexity index is 895. The molecule has 0 saturated carbocycles. The lowest BCUT2D eigenvalue weighted by Crippen LogP contribution is -2.41. The van der Waals surface area contributed by atoms with Crippen molar-refractivity contribution in [1.82, 2.24) is 19.9 Å². The molecule has 1 aliphatic heterocycles. The smallest absolute Gasteiger partial charge is 0.276 e. The minimum Gasteiger partial charge on any atom is -0.360 e. The summed E-state index contributed by atoms with van der Waals surface area (Å²) in [6.45, 7) is 2.13. The molecule has 166 valence electrons. The van der Waals surface area contributed by atoms with Crippen LogP contribution in [0.3, 0.4) is 0 Å². The Morgan fingerprint density at radius 3 is 2.94 bits per heavy atom. The second kappa shape index (κ2) is 10.1. The minimum absolute atomic E-state index is 0.00425. The summed E-state index contributed by atoms with van der Waals surface area (Å²) in [7, 11) is 1.86. The largest absolute Gasteiger partial charge is 0.360 e. The monoisotopic (exact) mass is 424 g/mol. The number of piperidine rings is 1. The van der Waals surface area contributed by atoms with Gasteiger partial charge in [0.05, 0.1) is 0 Å². The third-order valence-corrected chi connectivity index (χ3v) is 6.58. The quantitative estimate of drug-likeness (QED) is 0.681. The van der Waals surface area contributed by atoms with Gasteiger partial charge >= 0.3 is 0 Å². The van der Waals surface area contributed by atoms with Crippen LogP contribution in [0.4, 0.5) is 0 Å². The second-order valence-corrected chi connectivity index (χ2v) is 8.82. The van der Waals surface area contributed by atoms with Crippen molar-refractivity contribution in [2.45, 2.75) is 57.8 Å². The molecule has 2 aliphatic rings. The highest BCUT2D eigenvalue weighted by Crippen LogP contribution is 2.27. The van der Waals surface area contributed by atoms with Gasteiger partial charge in [0.25, 0.3) is 5.91 Å². The predicted octanol–water partition coefficient (Wildman–Crippen LogP) is 3.28. The summed E-state index contributed by atoms with van der Waals surface area (Å²) in [5.74, 6) is 1.40. The SMILES string of the molecule is CN(CCc1ccccn1)C(=O)CC[C@@H]1CCCN(C(=O)c2noc3c2CCCC3)C1. The number of amides is 2. The van der Waals surface area contributed by atoms with Crippen LogP contribution >= 0.6 is 0 Å². The lowest BCUT2D eigenvalue weighted by atomic mass is 9.92. The third kappa shape index (κ3) is 5.32. The van der Waals surface area contributed by atoms with E-state index < -0.39 is 0 Å². The number of aromatic nitrogens is 2. The highest BCUT2D eigenvalue weighted by atomic mass is 16.5. The molecule has 7 heteroatoms. The Balaban J connectivity index is 1.25. The Morgan fingerprint density at radius 1 is 1.23 bits per heavy atom. The fourth-order valence-corrected chi connectivity index (χ4v) is 4.66. The van der Waals surface area contributed by atoms with E-state index in [9.17, 15) is 9.59 Å². The van der Waals surface area contributed by atoms with Crippen LogP contribution in [0, 0.1) is 5.92 Å². The number of fused-ring (bicyclic) bond motifs is 1. The van der Waals surface area contributed by atoms with Crippen molar-refractivity contribution in [3.8, 4) is 0 Å². The molecule has 1 atom stereocenters. The van der Waals surface area contributed by atoms with Gasteiger partial charge in [-0.1, -0.05) is 11.2 Å². The van der Waals surface area contributed by atoms with E-state index in [4.69, 9.17) is 4.52 Å². The van der Waals surface area contributed by atoms with Gasteiger partial charge < -0.3 is 14.3 Å². The molecule has 1 aliphatic carbocycles. The molecule has 2 aromatic rings. The van der Waals surface area contributed by atoms with Crippen LogP contribution < -0.4 is 0 Å². The highest BCUT2D eigenvalue weighted by Gasteiger charge is 2.30. The summed E-state index contributed by atoms with van der Waals surface area (Å²) >= 11 is 0. The number of likely N-dealkylation sites (tertiary alicyclic amines) is 1. The zero-order valence-electron chi connectivity index (χ0n) is 18.4. The second-order valence-electron chi connectivity index (χ2n) is 8.82. The van der Waals surface area contributed by atoms with Gasteiger partial charge in [-0.25, -0.2) is 0 Å². The van der Waals surface area contributed by atoms with Gasteiger partial charge in [0, 0.05) is 63.4 Å². The van der Waals surface area contributed by atoms with Gasteiger partial charge in [-0.2, -0.15) is 0 Å². The van der Waals surface area contributed by atoms with E-state index in [1.54, 1.807) is 11.1 Å². The molecule has 0 N–H and O–H groups in total. The summed E-state index contributed by atoms with van der Waals surface area (Å²) in [5.41, 5.74) is 2.53. The molecular formula is C24H32N4O3. The van der Waals surface area contributed by atoms with Crippen molar-refractivity contribution in [3.63, 3.8) is 0 Å². The van der Waals surface area contributed by atoms with Gasteiger partial charge in [-0.3, -0.25) is 14.6 Å². The van der Waals surface area contributed by atoms with E-state index in [0.717, 1.165) is 74.9 Å². The molecule has 2 amide bonds. The van der Waals surface area contributed by atoms with Crippen LogP contribution in [0.15, 0.2) is 28.9 Å². The summed E-state index contributed by atoms with van der Waals surface area (Å²) in [4.78, 5) is 33.7. The number of likely N-dealkylation sites (N-methyl/N-ethyl adjacent to an activating group) is 1. The van der Waals surface area contributed by atoms with Crippen molar-refractivity contribution in [3.05, 3.63) is 47.1 Å². The standard InChI is InChI=1S/C24H32N4O3/c1-27(16-13-19-8-4-5-14-25-19)22(29)12-11-18-7-6-15-28(17-18)24(30)23-20-9-2-3-10-21(20)31-26-23/h4-5,8,14,18H,2-3,6-7,9-13,15-17H2,1H3/t18-/m0/s1. The van der Waals surface area contributed by atoms with Gasteiger partial charge in [0.1, 0.15) is 5.76 Å². The fourth-order valence-electron chi connectivity index (χ4n) is 4.66. The number of hydrogen-bond donors (Lipinski definition) is 0. The molecular weight excluding hydrogens is 392 g/mol. The lowest BCUT2D eigenvalue weighted by Gasteiger charge is -2.32. The molecule has 0 aromatic carbocycles. The zero-order chi connectivity index (χ0) is 21.6. The number of carbonyl (C=O) groups is 2. The minimum atomic E-state index is -0.00425.